The molecule has 0 aliphatic carbocycles. The SMILES string of the molecule is CN(C)S(=O)(=O)N1CC(=O)N2CCc3ccc(Cl)cc3C2C1. The molecule has 2 heterocycles. The number of hydrogen-bond acceptors (Lipinski definition) is 3. The molecule has 1 amide bonds. The van der Waals surface area contributed by atoms with Gasteiger partial charge in [0, 0.05) is 32.2 Å². The third-order valence-corrected chi connectivity index (χ3v) is 6.35. The van der Waals surface area contributed by atoms with E-state index in [2.05, 4.69) is 0 Å². The molecule has 1 unspecified atom stereocenters. The molecule has 0 saturated carbocycles. The van der Waals surface area contributed by atoms with E-state index in [0.717, 1.165) is 21.9 Å². The smallest absolute Gasteiger partial charge is 0.282 e. The lowest BCUT2D eigenvalue weighted by atomic mass is 9.91. The van der Waals surface area contributed by atoms with Crippen LogP contribution < -0.4 is 0 Å². The lowest BCUT2D eigenvalue weighted by molar-refractivity contribution is -0.138. The van der Waals surface area contributed by atoms with Gasteiger partial charge >= 0.3 is 0 Å². The number of amides is 1. The first-order chi connectivity index (χ1) is 10.3. The molecule has 8 heteroatoms. The first-order valence-electron chi connectivity index (χ1n) is 7.06. The van der Waals surface area contributed by atoms with Crippen molar-refractivity contribution in [2.45, 2.75) is 12.5 Å². The first-order valence-corrected chi connectivity index (χ1v) is 8.83. The number of hydrogen-bond donors (Lipinski definition) is 0. The lowest BCUT2D eigenvalue weighted by Crippen LogP contribution is -2.57. The Morgan fingerprint density at radius 1 is 1.32 bits per heavy atom. The quantitative estimate of drug-likeness (QED) is 0.801. The van der Waals surface area contributed by atoms with Crippen LogP contribution >= 0.6 is 11.6 Å². The van der Waals surface area contributed by atoms with E-state index in [1.165, 1.54) is 18.4 Å². The first kappa shape index (κ1) is 15.7. The normalized spacial score (nSPS) is 22.6. The van der Waals surface area contributed by atoms with Gasteiger partial charge in [0.1, 0.15) is 0 Å². The lowest BCUT2D eigenvalue weighted by Gasteiger charge is -2.44. The molecule has 1 aromatic rings. The van der Waals surface area contributed by atoms with E-state index >= 15 is 0 Å². The summed E-state index contributed by atoms with van der Waals surface area (Å²) in [6.45, 7) is 0.778. The average Bonchev–Trinajstić information content (AvgIpc) is 2.46. The van der Waals surface area contributed by atoms with Gasteiger partial charge in [-0.3, -0.25) is 4.79 Å². The topological polar surface area (TPSA) is 60.9 Å². The fourth-order valence-electron chi connectivity index (χ4n) is 3.07. The third-order valence-electron chi connectivity index (χ3n) is 4.26. The largest absolute Gasteiger partial charge is 0.333 e. The number of carbonyl (C=O) groups is 1. The van der Waals surface area contributed by atoms with Gasteiger partial charge in [-0.25, -0.2) is 0 Å². The number of nitrogens with zero attached hydrogens (tertiary/aromatic N) is 3. The highest BCUT2D eigenvalue weighted by Crippen LogP contribution is 2.35. The van der Waals surface area contributed by atoms with Crippen LogP contribution in [0.25, 0.3) is 0 Å². The Balaban J connectivity index is 2.00. The van der Waals surface area contributed by atoms with E-state index in [0.29, 0.717) is 11.6 Å². The van der Waals surface area contributed by atoms with Gasteiger partial charge < -0.3 is 4.90 Å². The van der Waals surface area contributed by atoms with Crippen LogP contribution in [-0.2, 0) is 21.4 Å². The van der Waals surface area contributed by atoms with Gasteiger partial charge in [-0.2, -0.15) is 17.0 Å². The van der Waals surface area contributed by atoms with Gasteiger partial charge in [-0.05, 0) is 29.7 Å². The summed E-state index contributed by atoms with van der Waals surface area (Å²) in [5, 5.41) is 0.598. The molecule has 0 radical (unpaired) electrons. The maximum atomic E-state index is 12.4. The summed E-state index contributed by atoms with van der Waals surface area (Å²) in [4.78, 5) is 14.1. The Morgan fingerprint density at radius 3 is 2.73 bits per heavy atom. The average molecular weight is 344 g/mol. The summed E-state index contributed by atoms with van der Waals surface area (Å²) in [6.07, 6.45) is 0.773. The summed E-state index contributed by atoms with van der Waals surface area (Å²) < 4.78 is 27.1. The van der Waals surface area contributed by atoms with Gasteiger partial charge in [0.25, 0.3) is 10.2 Å². The van der Waals surface area contributed by atoms with Gasteiger partial charge in [-0.15, -0.1) is 0 Å². The fourth-order valence-corrected chi connectivity index (χ4v) is 4.32. The van der Waals surface area contributed by atoms with E-state index in [9.17, 15) is 13.2 Å². The molecule has 3 rings (SSSR count). The molecule has 2 aliphatic heterocycles. The number of piperazine rings is 1. The molecular weight excluding hydrogens is 326 g/mol. The highest BCUT2D eigenvalue weighted by Gasteiger charge is 2.41. The molecule has 0 N–H and O–H groups in total. The highest BCUT2D eigenvalue weighted by molar-refractivity contribution is 7.86. The summed E-state index contributed by atoms with van der Waals surface area (Å²) >= 11 is 6.08. The predicted octanol–water partition coefficient (Wildman–Crippen LogP) is 0.888. The molecule has 0 aromatic heterocycles. The van der Waals surface area contributed by atoms with Crippen LogP contribution in [0.2, 0.25) is 5.02 Å². The summed E-state index contributed by atoms with van der Waals surface area (Å²) in [7, 11) is -0.670. The second-order valence-corrected chi connectivity index (χ2v) is 8.36. The van der Waals surface area contributed by atoms with Gasteiger partial charge in [0.05, 0.1) is 12.6 Å². The second-order valence-electron chi connectivity index (χ2n) is 5.78. The van der Waals surface area contributed by atoms with Crippen molar-refractivity contribution in [1.82, 2.24) is 13.5 Å². The minimum atomic E-state index is -3.61. The molecule has 0 spiro atoms. The van der Waals surface area contributed by atoms with Crippen molar-refractivity contribution in [3.63, 3.8) is 0 Å². The second kappa shape index (κ2) is 5.49. The van der Waals surface area contributed by atoms with Crippen LogP contribution in [0.1, 0.15) is 17.2 Å². The van der Waals surface area contributed by atoms with Crippen LogP contribution in [0, 0.1) is 0 Å². The van der Waals surface area contributed by atoms with Crippen molar-refractivity contribution in [3.05, 3.63) is 34.3 Å². The van der Waals surface area contributed by atoms with Crippen LogP contribution in [0.5, 0.6) is 0 Å². The summed E-state index contributed by atoms with van der Waals surface area (Å²) in [5.41, 5.74) is 2.08. The maximum Gasteiger partial charge on any atom is 0.282 e. The predicted molar refractivity (Wildman–Crippen MR) is 83.8 cm³/mol. The van der Waals surface area contributed by atoms with Crippen molar-refractivity contribution < 1.29 is 13.2 Å². The van der Waals surface area contributed by atoms with Crippen molar-refractivity contribution in [1.29, 1.82) is 0 Å². The zero-order chi connectivity index (χ0) is 16.1. The van der Waals surface area contributed by atoms with Gasteiger partial charge in [0.15, 0.2) is 0 Å². The molecule has 0 bridgehead atoms. The van der Waals surface area contributed by atoms with Crippen LogP contribution in [-0.4, -0.2) is 61.6 Å². The van der Waals surface area contributed by atoms with Crippen molar-refractivity contribution in [3.8, 4) is 0 Å². The van der Waals surface area contributed by atoms with Gasteiger partial charge in [-0.1, -0.05) is 17.7 Å². The van der Waals surface area contributed by atoms with Gasteiger partial charge in [0.2, 0.25) is 5.91 Å². The van der Waals surface area contributed by atoms with Crippen molar-refractivity contribution in [2.24, 2.45) is 0 Å². The Bertz CT molecular complexity index is 720. The molecule has 1 fully saturated rings. The third kappa shape index (κ3) is 2.52. The minimum absolute atomic E-state index is 0.104. The van der Waals surface area contributed by atoms with E-state index in [-0.39, 0.29) is 25.0 Å². The molecular formula is C14H18ClN3O3S. The standard InChI is InChI=1S/C14H18ClN3O3S/c1-16(2)22(20,21)17-8-13-12-7-11(15)4-3-10(12)5-6-18(13)14(19)9-17/h3-4,7,13H,5-6,8-9H2,1-2H3. The van der Waals surface area contributed by atoms with Crippen LogP contribution in [0.15, 0.2) is 18.2 Å². The highest BCUT2D eigenvalue weighted by atomic mass is 35.5. The summed E-state index contributed by atoms with van der Waals surface area (Å²) in [5.74, 6) is -0.160. The monoisotopic (exact) mass is 343 g/mol. The maximum absolute atomic E-state index is 12.4. The van der Waals surface area contributed by atoms with E-state index in [4.69, 9.17) is 11.6 Å². The fraction of sp³-hybridized carbons (Fsp3) is 0.500. The van der Waals surface area contributed by atoms with E-state index < -0.39 is 10.2 Å². The Labute approximate surface area is 135 Å². The number of rotatable bonds is 2. The number of fused-ring (bicyclic) bond motifs is 3. The Kier molecular flexibility index (Phi) is 3.92. The molecule has 22 heavy (non-hydrogen) atoms. The summed E-state index contributed by atoms with van der Waals surface area (Å²) in [6, 6.07) is 5.36. The minimum Gasteiger partial charge on any atom is -0.333 e. The molecule has 1 saturated heterocycles. The number of carbonyl (C=O) groups excluding carboxylic acids is 1. The van der Waals surface area contributed by atoms with E-state index in [1.807, 2.05) is 18.2 Å². The van der Waals surface area contributed by atoms with Crippen molar-refractivity contribution >= 4 is 27.7 Å². The van der Waals surface area contributed by atoms with Crippen LogP contribution in [0.4, 0.5) is 0 Å². The van der Waals surface area contributed by atoms with E-state index in [1.54, 1.807) is 4.90 Å². The Morgan fingerprint density at radius 2 is 2.05 bits per heavy atom. The van der Waals surface area contributed by atoms with Crippen molar-refractivity contribution in [2.75, 3.05) is 33.7 Å². The molecule has 1 atom stereocenters. The number of halogens is 1. The zero-order valence-electron chi connectivity index (χ0n) is 12.5. The van der Waals surface area contributed by atoms with Crippen LogP contribution in [0.3, 0.4) is 0 Å². The molecule has 120 valence electrons. The molecule has 6 nitrogen and oxygen atoms in total. The molecule has 2 aliphatic rings. The number of benzene rings is 1. The Hall–Kier alpha value is -1.15. The molecule has 1 aromatic carbocycles. The zero-order valence-corrected chi connectivity index (χ0v) is 14.1.